The molecule has 1 fully saturated rings. The van der Waals surface area contributed by atoms with Gasteiger partial charge in [0.25, 0.3) is 0 Å². The molecule has 7 heteroatoms. The van der Waals surface area contributed by atoms with Crippen LogP contribution < -0.4 is 0 Å². The molecule has 0 saturated carbocycles. The molecule has 0 spiro atoms. The minimum Gasteiger partial charge on any atom is -0.481 e. The lowest BCUT2D eigenvalue weighted by molar-refractivity contribution is -0.138. The van der Waals surface area contributed by atoms with E-state index in [1.54, 1.807) is 6.92 Å². The molecule has 1 saturated heterocycles. The Morgan fingerprint density at radius 1 is 1.55 bits per heavy atom. The molecule has 0 aliphatic carbocycles. The fraction of sp³-hybridized carbons (Fsp3) is 0.846. The molecule has 1 rings (SSSR count). The van der Waals surface area contributed by atoms with Gasteiger partial charge in [-0.2, -0.15) is 5.26 Å². The lowest BCUT2D eigenvalue weighted by Crippen LogP contribution is -2.45. The molecule has 3 unspecified atom stereocenters. The summed E-state index contributed by atoms with van der Waals surface area (Å²) in [6.07, 6.45) is 1.87. The monoisotopic (exact) mass is 302 g/mol. The molecule has 1 heterocycles. The summed E-state index contributed by atoms with van der Waals surface area (Å²) in [5.74, 6) is -0.876. The first-order chi connectivity index (χ1) is 9.32. The van der Waals surface area contributed by atoms with Crippen LogP contribution in [-0.4, -0.2) is 42.1 Å². The quantitative estimate of drug-likeness (QED) is 0.800. The molecule has 0 aromatic rings. The molecule has 6 nitrogen and oxygen atoms in total. The van der Waals surface area contributed by atoms with Gasteiger partial charge in [-0.3, -0.25) is 4.79 Å². The Morgan fingerprint density at radius 2 is 2.20 bits per heavy atom. The molecule has 3 atom stereocenters. The first-order valence-corrected chi connectivity index (χ1v) is 8.43. The summed E-state index contributed by atoms with van der Waals surface area (Å²) >= 11 is 0. The van der Waals surface area contributed by atoms with E-state index in [2.05, 4.69) is 0 Å². The molecule has 0 radical (unpaired) electrons. The van der Waals surface area contributed by atoms with E-state index < -0.39 is 21.2 Å². The molecule has 1 aliphatic heterocycles. The standard InChI is InChI=1S/C13H22N2O4S/c1-3-12(8-14)20(18,19)15-6-4-5-11(9-15)10(2)7-13(16)17/h10-12H,3-7,9H2,1-2H3,(H,16,17). The van der Waals surface area contributed by atoms with Gasteiger partial charge in [0.05, 0.1) is 6.07 Å². The second-order valence-corrected chi connectivity index (χ2v) is 7.52. The van der Waals surface area contributed by atoms with E-state index in [0.29, 0.717) is 13.1 Å². The number of aliphatic carboxylic acids is 1. The van der Waals surface area contributed by atoms with Crippen molar-refractivity contribution in [3.05, 3.63) is 0 Å². The predicted molar refractivity (Wildman–Crippen MR) is 74.3 cm³/mol. The van der Waals surface area contributed by atoms with E-state index in [4.69, 9.17) is 10.4 Å². The normalized spacial score (nSPS) is 23.8. The Bertz CT molecular complexity index is 483. The fourth-order valence-corrected chi connectivity index (χ4v) is 4.36. The van der Waals surface area contributed by atoms with Gasteiger partial charge in [-0.05, 0) is 31.1 Å². The first-order valence-electron chi connectivity index (χ1n) is 6.93. The van der Waals surface area contributed by atoms with E-state index in [-0.39, 0.29) is 24.7 Å². The Hall–Kier alpha value is -1.13. The van der Waals surface area contributed by atoms with Crippen LogP contribution in [0.3, 0.4) is 0 Å². The number of nitrogens with zero attached hydrogens (tertiary/aromatic N) is 2. The van der Waals surface area contributed by atoms with Crippen LogP contribution in [0.5, 0.6) is 0 Å². The molecule has 114 valence electrons. The number of carboxylic acids is 1. The van der Waals surface area contributed by atoms with Gasteiger partial charge in [-0.15, -0.1) is 0 Å². The number of hydrogen-bond donors (Lipinski definition) is 1. The number of piperidine rings is 1. The number of carboxylic acid groups (broad SMARTS) is 1. The molecular weight excluding hydrogens is 280 g/mol. The van der Waals surface area contributed by atoms with Gasteiger partial charge in [0, 0.05) is 19.5 Å². The molecule has 0 aromatic heterocycles. The van der Waals surface area contributed by atoms with Crippen LogP contribution in [0, 0.1) is 23.2 Å². The molecule has 20 heavy (non-hydrogen) atoms. The number of nitriles is 1. The van der Waals surface area contributed by atoms with Crippen LogP contribution in [0.2, 0.25) is 0 Å². The average Bonchev–Trinajstić information content (AvgIpc) is 2.39. The van der Waals surface area contributed by atoms with E-state index in [1.807, 2.05) is 13.0 Å². The van der Waals surface area contributed by atoms with Gasteiger partial charge >= 0.3 is 5.97 Å². The van der Waals surface area contributed by atoms with Crippen molar-refractivity contribution in [2.45, 2.75) is 44.8 Å². The third-order valence-corrected chi connectivity index (χ3v) is 6.17. The van der Waals surface area contributed by atoms with Gasteiger partial charge in [-0.25, -0.2) is 12.7 Å². The number of rotatable bonds is 6. The summed E-state index contributed by atoms with van der Waals surface area (Å²) < 4.78 is 26.0. The third-order valence-electron chi connectivity index (χ3n) is 3.96. The Kier molecular flexibility index (Phi) is 5.96. The Labute approximate surface area is 120 Å². The second-order valence-electron chi connectivity index (χ2n) is 5.41. The van der Waals surface area contributed by atoms with Crippen LogP contribution in [0.25, 0.3) is 0 Å². The molecule has 0 amide bonds. The highest BCUT2D eigenvalue weighted by molar-refractivity contribution is 7.90. The molecule has 1 N–H and O–H groups in total. The van der Waals surface area contributed by atoms with Crippen molar-refractivity contribution in [1.82, 2.24) is 4.31 Å². The van der Waals surface area contributed by atoms with E-state index in [1.165, 1.54) is 4.31 Å². The maximum Gasteiger partial charge on any atom is 0.303 e. The van der Waals surface area contributed by atoms with Crippen molar-refractivity contribution in [2.75, 3.05) is 13.1 Å². The van der Waals surface area contributed by atoms with Crippen LogP contribution >= 0.6 is 0 Å². The molecule has 0 aromatic carbocycles. The van der Waals surface area contributed by atoms with Gasteiger partial charge < -0.3 is 5.11 Å². The average molecular weight is 302 g/mol. The fourth-order valence-electron chi connectivity index (χ4n) is 2.66. The second kappa shape index (κ2) is 7.04. The van der Waals surface area contributed by atoms with Crippen LogP contribution in [0.4, 0.5) is 0 Å². The molecule has 1 aliphatic rings. The summed E-state index contributed by atoms with van der Waals surface area (Å²) in [7, 11) is -3.59. The number of sulfonamides is 1. The highest BCUT2D eigenvalue weighted by atomic mass is 32.2. The zero-order chi connectivity index (χ0) is 15.3. The van der Waals surface area contributed by atoms with Crippen LogP contribution in [0.15, 0.2) is 0 Å². The predicted octanol–water partition coefficient (Wildman–Crippen LogP) is 1.44. The maximum absolute atomic E-state index is 12.3. The lowest BCUT2D eigenvalue weighted by atomic mass is 9.85. The SMILES string of the molecule is CCC(C#N)S(=O)(=O)N1CCCC(C(C)CC(=O)O)C1. The summed E-state index contributed by atoms with van der Waals surface area (Å²) in [5.41, 5.74) is 0. The summed E-state index contributed by atoms with van der Waals surface area (Å²) in [6.45, 7) is 4.28. The van der Waals surface area contributed by atoms with Crippen molar-refractivity contribution >= 4 is 16.0 Å². The number of hydrogen-bond acceptors (Lipinski definition) is 4. The van der Waals surface area contributed by atoms with E-state index in [0.717, 1.165) is 12.8 Å². The van der Waals surface area contributed by atoms with Gasteiger partial charge in [0.2, 0.25) is 10.0 Å². The minimum absolute atomic E-state index is 0.0471. The Balaban J connectivity index is 2.79. The van der Waals surface area contributed by atoms with E-state index in [9.17, 15) is 13.2 Å². The van der Waals surface area contributed by atoms with Crippen molar-refractivity contribution in [2.24, 2.45) is 11.8 Å². The third kappa shape index (κ3) is 3.93. The summed E-state index contributed by atoms with van der Waals surface area (Å²) in [5, 5.41) is 16.8. The Morgan fingerprint density at radius 3 is 2.70 bits per heavy atom. The van der Waals surface area contributed by atoms with Crippen molar-refractivity contribution < 1.29 is 18.3 Å². The maximum atomic E-state index is 12.3. The first kappa shape index (κ1) is 16.9. The highest BCUT2D eigenvalue weighted by Crippen LogP contribution is 2.28. The van der Waals surface area contributed by atoms with Crippen molar-refractivity contribution in [3.8, 4) is 6.07 Å². The molecule has 0 bridgehead atoms. The smallest absolute Gasteiger partial charge is 0.303 e. The zero-order valence-corrected chi connectivity index (χ0v) is 12.8. The van der Waals surface area contributed by atoms with Crippen molar-refractivity contribution in [3.63, 3.8) is 0 Å². The van der Waals surface area contributed by atoms with Gasteiger partial charge in [0.15, 0.2) is 5.25 Å². The zero-order valence-electron chi connectivity index (χ0n) is 11.9. The summed E-state index contributed by atoms with van der Waals surface area (Å²) in [4.78, 5) is 10.8. The van der Waals surface area contributed by atoms with E-state index >= 15 is 0 Å². The largest absolute Gasteiger partial charge is 0.481 e. The van der Waals surface area contributed by atoms with Crippen molar-refractivity contribution in [1.29, 1.82) is 5.26 Å². The van der Waals surface area contributed by atoms with Crippen LogP contribution in [0.1, 0.15) is 39.5 Å². The lowest BCUT2D eigenvalue weighted by Gasteiger charge is -2.35. The topological polar surface area (TPSA) is 98.5 Å². The highest BCUT2D eigenvalue weighted by Gasteiger charge is 2.36. The summed E-state index contributed by atoms with van der Waals surface area (Å²) in [6, 6.07) is 1.84. The van der Waals surface area contributed by atoms with Gasteiger partial charge in [0.1, 0.15) is 0 Å². The molecular formula is C13H22N2O4S. The number of carbonyl (C=O) groups is 1. The minimum atomic E-state index is -3.59. The van der Waals surface area contributed by atoms with Crippen LogP contribution in [-0.2, 0) is 14.8 Å². The van der Waals surface area contributed by atoms with Gasteiger partial charge in [-0.1, -0.05) is 13.8 Å².